The number of hydrogen-bond acceptors (Lipinski definition) is 9. The molecule has 0 radical (unpaired) electrons. The highest BCUT2D eigenvalue weighted by Crippen LogP contribution is 2.22. The van der Waals surface area contributed by atoms with E-state index in [1.54, 1.807) is 30.3 Å². The van der Waals surface area contributed by atoms with Crippen LogP contribution in [0.2, 0.25) is 0 Å². The van der Waals surface area contributed by atoms with E-state index in [0.717, 1.165) is 23.3 Å². The third kappa shape index (κ3) is 10.7. The minimum absolute atomic E-state index is 0.0104. The SMILES string of the molecule is CC(=O)OCC(=O)Nc1cccc(COCCOc2ccc(CCNC[C@@H](O)c3ccc(O)c(CO)c3)cc2)c1. The van der Waals surface area contributed by atoms with Crippen molar-refractivity contribution in [2.24, 2.45) is 0 Å². The molecular weight excluding hydrogens is 516 g/mol. The van der Waals surface area contributed by atoms with E-state index in [2.05, 4.69) is 15.4 Å². The van der Waals surface area contributed by atoms with Gasteiger partial charge in [-0.15, -0.1) is 0 Å². The van der Waals surface area contributed by atoms with Crippen molar-refractivity contribution in [1.82, 2.24) is 5.32 Å². The molecule has 0 bridgehead atoms. The van der Waals surface area contributed by atoms with Crippen molar-refractivity contribution < 1.29 is 39.1 Å². The Bertz CT molecular complexity index is 1230. The first-order valence-electron chi connectivity index (χ1n) is 13.0. The summed E-state index contributed by atoms with van der Waals surface area (Å²) in [5.74, 6) is -0.175. The number of carbonyl (C=O) groups excluding carboxylic acids is 2. The summed E-state index contributed by atoms with van der Waals surface area (Å²) in [5, 5.41) is 35.2. The normalized spacial score (nSPS) is 11.6. The van der Waals surface area contributed by atoms with Gasteiger partial charge in [0.25, 0.3) is 5.91 Å². The Morgan fingerprint density at radius 1 is 0.975 bits per heavy atom. The fourth-order valence-corrected chi connectivity index (χ4v) is 3.79. The average Bonchev–Trinajstić information content (AvgIpc) is 2.95. The second-order valence-corrected chi connectivity index (χ2v) is 9.09. The van der Waals surface area contributed by atoms with E-state index in [4.69, 9.17) is 9.47 Å². The van der Waals surface area contributed by atoms with Crippen LogP contribution in [0.3, 0.4) is 0 Å². The zero-order valence-electron chi connectivity index (χ0n) is 22.5. The highest BCUT2D eigenvalue weighted by molar-refractivity contribution is 5.92. The van der Waals surface area contributed by atoms with E-state index in [-0.39, 0.29) is 19.0 Å². The van der Waals surface area contributed by atoms with Crippen LogP contribution in [-0.4, -0.2) is 60.1 Å². The smallest absolute Gasteiger partial charge is 0.303 e. The summed E-state index contributed by atoms with van der Waals surface area (Å²) in [4.78, 5) is 22.6. The maximum Gasteiger partial charge on any atom is 0.303 e. The lowest BCUT2D eigenvalue weighted by Crippen LogP contribution is -2.23. The maximum absolute atomic E-state index is 11.8. The Labute approximate surface area is 233 Å². The van der Waals surface area contributed by atoms with Gasteiger partial charge in [-0.25, -0.2) is 0 Å². The van der Waals surface area contributed by atoms with Crippen LogP contribution >= 0.6 is 0 Å². The number of anilines is 1. The van der Waals surface area contributed by atoms with Crippen LogP contribution in [0.4, 0.5) is 5.69 Å². The molecule has 10 nitrogen and oxygen atoms in total. The number of amides is 1. The number of esters is 1. The number of rotatable bonds is 16. The number of nitrogens with one attached hydrogen (secondary N) is 2. The first-order valence-corrected chi connectivity index (χ1v) is 13.0. The van der Waals surface area contributed by atoms with Gasteiger partial charge in [-0.05, 0) is 66.1 Å². The zero-order chi connectivity index (χ0) is 28.7. The van der Waals surface area contributed by atoms with Crippen molar-refractivity contribution in [1.29, 1.82) is 0 Å². The summed E-state index contributed by atoms with van der Waals surface area (Å²) < 4.78 is 16.1. The lowest BCUT2D eigenvalue weighted by Gasteiger charge is -2.14. The number of ether oxygens (including phenoxy) is 3. The molecule has 0 aliphatic heterocycles. The lowest BCUT2D eigenvalue weighted by atomic mass is 10.1. The molecule has 0 aliphatic carbocycles. The van der Waals surface area contributed by atoms with Crippen LogP contribution in [-0.2, 0) is 38.7 Å². The van der Waals surface area contributed by atoms with E-state index < -0.39 is 18.0 Å². The quantitative estimate of drug-likeness (QED) is 0.134. The molecule has 0 spiro atoms. The predicted octanol–water partition coefficient (Wildman–Crippen LogP) is 2.85. The molecule has 10 heteroatoms. The van der Waals surface area contributed by atoms with Gasteiger partial charge in [0.2, 0.25) is 0 Å². The number of aromatic hydroxyl groups is 1. The fourth-order valence-electron chi connectivity index (χ4n) is 3.79. The summed E-state index contributed by atoms with van der Waals surface area (Å²) in [6.07, 6.45) is 0.0315. The average molecular weight is 553 g/mol. The summed E-state index contributed by atoms with van der Waals surface area (Å²) in [6, 6.07) is 19.7. The molecule has 0 saturated carbocycles. The molecule has 5 N–H and O–H groups in total. The van der Waals surface area contributed by atoms with Gasteiger partial charge in [0.1, 0.15) is 18.1 Å². The van der Waals surface area contributed by atoms with E-state index in [9.17, 15) is 24.9 Å². The highest BCUT2D eigenvalue weighted by atomic mass is 16.5. The zero-order valence-corrected chi connectivity index (χ0v) is 22.5. The Hall–Kier alpha value is -3.96. The highest BCUT2D eigenvalue weighted by Gasteiger charge is 2.10. The van der Waals surface area contributed by atoms with Gasteiger partial charge < -0.3 is 40.2 Å². The molecule has 214 valence electrons. The number of hydrogen-bond donors (Lipinski definition) is 5. The van der Waals surface area contributed by atoms with Gasteiger partial charge in [-0.3, -0.25) is 9.59 Å². The molecule has 1 atom stereocenters. The molecular formula is C30H36N2O8. The van der Waals surface area contributed by atoms with Gasteiger partial charge in [0, 0.05) is 24.7 Å². The summed E-state index contributed by atoms with van der Waals surface area (Å²) in [7, 11) is 0. The van der Waals surface area contributed by atoms with Crippen molar-refractivity contribution in [2.75, 3.05) is 38.2 Å². The van der Waals surface area contributed by atoms with Gasteiger partial charge >= 0.3 is 5.97 Å². The van der Waals surface area contributed by atoms with Crippen LogP contribution in [0.1, 0.15) is 35.3 Å². The van der Waals surface area contributed by atoms with E-state index >= 15 is 0 Å². The number of carbonyl (C=O) groups is 2. The molecule has 0 aromatic heterocycles. The molecule has 0 fully saturated rings. The molecule has 0 heterocycles. The van der Waals surface area contributed by atoms with Crippen molar-refractivity contribution in [3.63, 3.8) is 0 Å². The molecule has 1 amide bonds. The van der Waals surface area contributed by atoms with E-state index in [1.807, 2.05) is 30.3 Å². The Morgan fingerprint density at radius 3 is 2.52 bits per heavy atom. The van der Waals surface area contributed by atoms with Crippen LogP contribution in [0, 0.1) is 0 Å². The Morgan fingerprint density at radius 2 is 1.77 bits per heavy atom. The second kappa shape index (κ2) is 16.2. The van der Waals surface area contributed by atoms with Crippen LogP contribution < -0.4 is 15.4 Å². The number of aliphatic hydroxyl groups excluding tert-OH is 2. The number of benzene rings is 3. The number of phenols is 1. The topological polar surface area (TPSA) is 147 Å². The predicted molar refractivity (Wildman–Crippen MR) is 149 cm³/mol. The second-order valence-electron chi connectivity index (χ2n) is 9.09. The summed E-state index contributed by atoms with van der Waals surface area (Å²) >= 11 is 0. The van der Waals surface area contributed by atoms with Crippen molar-refractivity contribution in [3.05, 3.63) is 89.0 Å². The molecule has 0 unspecified atom stereocenters. The third-order valence-electron chi connectivity index (χ3n) is 5.89. The lowest BCUT2D eigenvalue weighted by molar-refractivity contribution is -0.144. The molecule has 0 saturated heterocycles. The van der Waals surface area contributed by atoms with E-state index in [1.165, 1.54) is 13.0 Å². The standard InChI is InChI=1S/C30H36N2O8/c1-21(34)40-20-30(37)32-26-4-2-3-23(15-26)19-38-13-14-39-27-8-5-22(6-9-27)11-12-31-17-29(36)24-7-10-28(35)25(16-24)18-33/h2-10,15-16,29,31,33,35-36H,11-14,17-20H2,1H3,(H,32,37)/t29-/m1/s1. The largest absolute Gasteiger partial charge is 0.508 e. The molecule has 3 rings (SSSR count). The van der Waals surface area contributed by atoms with Gasteiger partial charge in [-0.1, -0.05) is 30.3 Å². The number of aliphatic hydroxyl groups is 2. The monoisotopic (exact) mass is 552 g/mol. The molecule has 3 aromatic carbocycles. The Kier molecular flexibility index (Phi) is 12.4. The van der Waals surface area contributed by atoms with Gasteiger partial charge in [0.15, 0.2) is 6.61 Å². The minimum Gasteiger partial charge on any atom is -0.508 e. The Balaban J connectivity index is 1.30. The van der Waals surface area contributed by atoms with Crippen LogP contribution in [0.25, 0.3) is 0 Å². The van der Waals surface area contributed by atoms with Crippen molar-refractivity contribution >= 4 is 17.6 Å². The molecule has 3 aromatic rings. The van der Waals surface area contributed by atoms with Crippen LogP contribution in [0.15, 0.2) is 66.7 Å². The minimum atomic E-state index is -0.743. The van der Waals surface area contributed by atoms with Crippen LogP contribution in [0.5, 0.6) is 11.5 Å². The fraction of sp³-hybridized carbons (Fsp3) is 0.333. The first kappa shape index (κ1) is 30.6. The van der Waals surface area contributed by atoms with E-state index in [0.29, 0.717) is 49.7 Å². The van der Waals surface area contributed by atoms with Crippen molar-refractivity contribution in [2.45, 2.75) is 32.7 Å². The van der Waals surface area contributed by atoms with Crippen molar-refractivity contribution in [3.8, 4) is 11.5 Å². The van der Waals surface area contributed by atoms with Gasteiger partial charge in [0.05, 0.1) is 25.9 Å². The molecule has 0 aliphatic rings. The van der Waals surface area contributed by atoms with Gasteiger partial charge in [-0.2, -0.15) is 0 Å². The molecule has 40 heavy (non-hydrogen) atoms. The summed E-state index contributed by atoms with van der Waals surface area (Å²) in [6.45, 7) is 2.78. The maximum atomic E-state index is 11.8. The summed E-state index contributed by atoms with van der Waals surface area (Å²) in [5.41, 5.74) is 3.62. The first-order chi connectivity index (χ1) is 19.3. The third-order valence-corrected chi connectivity index (χ3v) is 5.89.